The van der Waals surface area contributed by atoms with Crippen molar-refractivity contribution < 1.29 is 28.3 Å². The van der Waals surface area contributed by atoms with Crippen molar-refractivity contribution in [1.82, 2.24) is 24.4 Å². The van der Waals surface area contributed by atoms with Crippen molar-refractivity contribution in [1.29, 1.82) is 0 Å². The molecule has 3 N–H and O–H groups in total. The van der Waals surface area contributed by atoms with Crippen LogP contribution in [0, 0.1) is 18.8 Å². The molecule has 1 aliphatic heterocycles. The number of oxime groups is 1. The zero-order chi connectivity index (χ0) is 36.4. The third kappa shape index (κ3) is 9.89. The highest BCUT2D eigenvalue weighted by Crippen LogP contribution is 2.24. The Morgan fingerprint density at radius 3 is 2.32 bits per heavy atom. The third-order valence-electron chi connectivity index (χ3n) is 9.04. The minimum atomic E-state index is -4.06. The number of pyridine rings is 1. The lowest BCUT2D eigenvalue weighted by atomic mass is 9.95. The molecule has 0 bridgehead atoms. The molecule has 12 nitrogen and oxygen atoms in total. The Hall–Kier alpha value is -4.33. The maximum absolute atomic E-state index is 14.2. The molecule has 13 heteroatoms. The molecule has 1 saturated heterocycles. The molecule has 4 rings (SSSR count). The number of benzene rings is 2. The fourth-order valence-corrected chi connectivity index (χ4v) is 7.75. The quantitative estimate of drug-likeness (QED) is 0.108. The normalized spacial score (nSPS) is 16.3. The van der Waals surface area contributed by atoms with Gasteiger partial charge in [0.15, 0.2) is 0 Å². The average Bonchev–Trinajstić information content (AvgIpc) is 3.44. The number of rotatable bonds is 17. The molecule has 1 aromatic heterocycles. The first-order valence-electron chi connectivity index (χ1n) is 17.1. The van der Waals surface area contributed by atoms with E-state index < -0.39 is 34.1 Å². The van der Waals surface area contributed by atoms with Crippen molar-refractivity contribution in [3.63, 3.8) is 0 Å². The van der Waals surface area contributed by atoms with Crippen LogP contribution in [0.5, 0.6) is 0 Å². The van der Waals surface area contributed by atoms with E-state index in [9.17, 15) is 23.1 Å². The van der Waals surface area contributed by atoms with E-state index in [1.54, 1.807) is 16.0 Å². The molecule has 4 atom stereocenters. The second-order valence-corrected chi connectivity index (χ2v) is 15.4. The van der Waals surface area contributed by atoms with Gasteiger partial charge in [0.1, 0.15) is 6.04 Å². The summed E-state index contributed by atoms with van der Waals surface area (Å²) in [5.74, 6) is -0.647. The van der Waals surface area contributed by atoms with E-state index >= 15 is 0 Å². The first kappa shape index (κ1) is 38.5. The summed E-state index contributed by atoms with van der Waals surface area (Å²) < 4.78 is 29.0. The highest BCUT2D eigenvalue weighted by atomic mass is 32.2. The van der Waals surface area contributed by atoms with E-state index in [1.165, 1.54) is 34.8 Å². The van der Waals surface area contributed by atoms with Crippen LogP contribution in [0.2, 0.25) is 0 Å². The standard InChI is InChI=1S/C37H50N6O6S/c1-6-27(4)35(43-19-18-41(37(43)46)24-31-13-12-28(5)38-21-31)36(45)40-33(20-29-10-8-7-9-11-29)34(44)25-42(23-26(2)3)50(48,49)32-16-14-30(15-17-32)22-39-47/h7-17,21-22,26-27,33-35,44,47H,6,18-20,23-25H2,1-5H3,(H,40,45)/b39-22+/t27?,33-,34+,35-/m0/s1. The highest BCUT2D eigenvalue weighted by Gasteiger charge is 2.41. The molecule has 270 valence electrons. The zero-order valence-electron chi connectivity index (χ0n) is 29.5. The molecule has 0 radical (unpaired) electrons. The summed E-state index contributed by atoms with van der Waals surface area (Å²) in [6.45, 7) is 10.7. The zero-order valence-corrected chi connectivity index (χ0v) is 30.3. The number of nitrogens with one attached hydrogen (secondary N) is 1. The molecule has 3 amide bonds. The van der Waals surface area contributed by atoms with Crippen molar-refractivity contribution in [3.05, 3.63) is 95.3 Å². The lowest BCUT2D eigenvalue weighted by Crippen LogP contribution is -2.57. The van der Waals surface area contributed by atoms with Gasteiger partial charge in [0, 0.05) is 44.6 Å². The lowest BCUT2D eigenvalue weighted by Gasteiger charge is -2.35. The highest BCUT2D eigenvalue weighted by molar-refractivity contribution is 7.89. The number of carbonyl (C=O) groups excluding carboxylic acids is 2. The summed E-state index contributed by atoms with van der Waals surface area (Å²) in [6, 6.07) is 17.2. The van der Waals surface area contributed by atoms with Crippen LogP contribution in [-0.2, 0) is 27.8 Å². The predicted molar refractivity (Wildman–Crippen MR) is 192 cm³/mol. The van der Waals surface area contributed by atoms with Crippen LogP contribution in [0.15, 0.2) is 83.0 Å². The molecular formula is C37H50N6O6S. The van der Waals surface area contributed by atoms with Crippen LogP contribution in [0.25, 0.3) is 0 Å². The molecule has 2 aromatic carbocycles. The van der Waals surface area contributed by atoms with Gasteiger partial charge in [0.2, 0.25) is 15.9 Å². The lowest BCUT2D eigenvalue weighted by molar-refractivity contribution is -0.128. The second-order valence-electron chi connectivity index (χ2n) is 13.4. The predicted octanol–water partition coefficient (Wildman–Crippen LogP) is 4.29. The second kappa shape index (κ2) is 17.6. The van der Waals surface area contributed by atoms with E-state index in [0.29, 0.717) is 31.6 Å². The van der Waals surface area contributed by atoms with E-state index in [2.05, 4.69) is 15.5 Å². The van der Waals surface area contributed by atoms with Crippen molar-refractivity contribution in [2.24, 2.45) is 17.0 Å². The monoisotopic (exact) mass is 706 g/mol. The fraction of sp³-hybridized carbons (Fsp3) is 0.459. The maximum Gasteiger partial charge on any atom is 0.321 e. The largest absolute Gasteiger partial charge is 0.411 e. The molecule has 2 heterocycles. The third-order valence-corrected chi connectivity index (χ3v) is 10.9. The van der Waals surface area contributed by atoms with Gasteiger partial charge in [-0.15, -0.1) is 0 Å². The van der Waals surface area contributed by atoms with Crippen LogP contribution in [0.3, 0.4) is 0 Å². The fourth-order valence-electron chi connectivity index (χ4n) is 6.12. The van der Waals surface area contributed by atoms with Gasteiger partial charge in [-0.2, -0.15) is 4.31 Å². The number of aliphatic hydroxyl groups excluding tert-OH is 1. The number of aliphatic hydroxyl groups is 1. The minimum Gasteiger partial charge on any atom is -0.411 e. The molecule has 1 aliphatic rings. The first-order valence-corrected chi connectivity index (χ1v) is 18.5. The van der Waals surface area contributed by atoms with E-state index in [1.807, 2.05) is 77.1 Å². The van der Waals surface area contributed by atoms with Crippen LogP contribution >= 0.6 is 0 Å². The molecular weight excluding hydrogens is 657 g/mol. The number of nitrogens with zero attached hydrogens (tertiary/aromatic N) is 5. The van der Waals surface area contributed by atoms with Crippen LogP contribution in [0.4, 0.5) is 4.79 Å². The molecule has 1 unspecified atom stereocenters. The number of amides is 3. The maximum atomic E-state index is 14.2. The Morgan fingerprint density at radius 2 is 1.72 bits per heavy atom. The number of hydrogen-bond donors (Lipinski definition) is 3. The van der Waals surface area contributed by atoms with Gasteiger partial charge in [0.25, 0.3) is 0 Å². The number of aromatic nitrogens is 1. The van der Waals surface area contributed by atoms with Gasteiger partial charge in [-0.1, -0.05) is 87.8 Å². The van der Waals surface area contributed by atoms with Crippen LogP contribution in [-0.4, -0.2) is 100 Å². The molecule has 0 saturated carbocycles. The Labute approximate surface area is 295 Å². The topological polar surface area (TPSA) is 156 Å². The number of urea groups is 1. The number of sulfonamides is 1. The van der Waals surface area contributed by atoms with Gasteiger partial charge in [-0.3, -0.25) is 9.78 Å². The Morgan fingerprint density at radius 1 is 1.02 bits per heavy atom. The Bertz CT molecular complexity index is 1690. The first-order chi connectivity index (χ1) is 23.8. The molecule has 0 aliphatic carbocycles. The number of carbonyl (C=O) groups is 2. The van der Waals surface area contributed by atoms with Crippen molar-refractivity contribution >= 4 is 28.2 Å². The number of aryl methyl sites for hydroxylation is 1. The van der Waals surface area contributed by atoms with E-state index in [4.69, 9.17) is 5.21 Å². The van der Waals surface area contributed by atoms with Gasteiger partial charge in [-0.25, -0.2) is 13.2 Å². The molecule has 3 aromatic rings. The average molecular weight is 707 g/mol. The molecule has 50 heavy (non-hydrogen) atoms. The summed E-state index contributed by atoms with van der Waals surface area (Å²) in [5, 5.41) is 26.7. The van der Waals surface area contributed by atoms with E-state index in [-0.39, 0.29) is 42.3 Å². The smallest absolute Gasteiger partial charge is 0.321 e. The minimum absolute atomic E-state index is 0.0273. The van der Waals surface area contributed by atoms with Gasteiger partial charge >= 0.3 is 6.03 Å². The van der Waals surface area contributed by atoms with Crippen molar-refractivity contribution in [3.8, 4) is 0 Å². The molecule has 1 fully saturated rings. The van der Waals surface area contributed by atoms with Gasteiger partial charge in [-0.05, 0) is 60.1 Å². The Kier molecular flexibility index (Phi) is 13.5. The Balaban J connectivity index is 1.59. The van der Waals surface area contributed by atoms with Gasteiger partial charge in [0.05, 0.1) is 23.3 Å². The van der Waals surface area contributed by atoms with Crippen molar-refractivity contribution in [2.75, 3.05) is 26.2 Å². The molecule has 0 spiro atoms. The summed E-state index contributed by atoms with van der Waals surface area (Å²) in [7, 11) is -4.06. The van der Waals surface area contributed by atoms with Gasteiger partial charge < -0.3 is 25.4 Å². The van der Waals surface area contributed by atoms with E-state index in [0.717, 1.165) is 16.8 Å². The SMILES string of the molecule is CCC(C)[C@@H](C(=O)N[C@@H](Cc1ccccc1)[C@H](O)CN(CC(C)C)S(=O)(=O)c1ccc(/C=N/O)cc1)N1CCN(Cc2ccc(C)nc2)C1=O. The van der Waals surface area contributed by atoms with Crippen LogP contribution in [0.1, 0.15) is 56.5 Å². The summed E-state index contributed by atoms with van der Waals surface area (Å²) >= 11 is 0. The van der Waals surface area contributed by atoms with Crippen molar-refractivity contribution in [2.45, 2.75) is 77.1 Å². The number of hydrogen-bond acceptors (Lipinski definition) is 8. The summed E-state index contributed by atoms with van der Waals surface area (Å²) in [5.41, 5.74) is 3.16. The van der Waals surface area contributed by atoms with Crippen LogP contribution < -0.4 is 5.32 Å². The summed E-state index contributed by atoms with van der Waals surface area (Å²) in [4.78, 5) is 35.6. The summed E-state index contributed by atoms with van der Waals surface area (Å²) in [6.07, 6.45) is 2.55.